The van der Waals surface area contributed by atoms with Crippen LogP contribution in [0.1, 0.15) is 63.0 Å². The topological polar surface area (TPSA) is 72.6 Å². The molecule has 0 aliphatic heterocycles. The zero-order valence-electron chi connectivity index (χ0n) is 13.2. The summed E-state index contributed by atoms with van der Waals surface area (Å²) in [4.78, 5) is 16.5. The van der Waals surface area contributed by atoms with E-state index < -0.39 is 0 Å². The van der Waals surface area contributed by atoms with Crippen molar-refractivity contribution in [2.75, 3.05) is 6.54 Å². The smallest absolute Gasteiger partial charge is 0.176 e. The highest BCUT2D eigenvalue weighted by molar-refractivity contribution is 5.99. The van der Waals surface area contributed by atoms with Crippen LogP contribution in [-0.2, 0) is 10.8 Å². The molecule has 0 saturated carbocycles. The molecule has 1 rings (SSSR count). The fraction of sp³-hybridized carbons (Fsp3) is 0.562. The quantitative estimate of drug-likeness (QED) is 0.506. The summed E-state index contributed by atoms with van der Waals surface area (Å²) in [6, 6.07) is 3.53. The van der Waals surface area contributed by atoms with E-state index in [4.69, 9.17) is 11.0 Å². The van der Waals surface area contributed by atoms with Gasteiger partial charge in [-0.15, -0.1) is 0 Å². The van der Waals surface area contributed by atoms with E-state index in [-0.39, 0.29) is 23.2 Å². The van der Waals surface area contributed by atoms with Crippen LogP contribution in [0.2, 0.25) is 0 Å². The SMILES string of the molecule is CC(C)(C)c1cc(C(C)(C)C)c(C(=O)CN)cc1OO. The summed E-state index contributed by atoms with van der Waals surface area (Å²) in [5.41, 5.74) is 7.36. The average Bonchev–Trinajstić information content (AvgIpc) is 2.33. The van der Waals surface area contributed by atoms with Gasteiger partial charge in [-0.3, -0.25) is 4.79 Å². The van der Waals surface area contributed by atoms with Crippen LogP contribution >= 0.6 is 0 Å². The Morgan fingerprint density at radius 1 is 1.10 bits per heavy atom. The van der Waals surface area contributed by atoms with Gasteiger partial charge in [0.25, 0.3) is 0 Å². The van der Waals surface area contributed by atoms with Crippen LogP contribution < -0.4 is 10.6 Å². The Balaban J connectivity index is 3.67. The van der Waals surface area contributed by atoms with Gasteiger partial charge in [-0.1, -0.05) is 47.6 Å². The second kappa shape index (κ2) is 5.54. The van der Waals surface area contributed by atoms with Gasteiger partial charge in [0.1, 0.15) is 0 Å². The first-order valence-electron chi connectivity index (χ1n) is 6.76. The zero-order valence-corrected chi connectivity index (χ0v) is 13.2. The Morgan fingerprint density at radius 3 is 1.95 bits per heavy atom. The van der Waals surface area contributed by atoms with Gasteiger partial charge in [0.2, 0.25) is 0 Å². The molecule has 112 valence electrons. The fourth-order valence-corrected chi connectivity index (χ4v) is 2.20. The number of carbonyl (C=O) groups is 1. The normalized spacial score (nSPS) is 12.4. The minimum absolute atomic E-state index is 0.0667. The second-order valence-corrected chi connectivity index (χ2v) is 7.11. The third-order valence-electron chi connectivity index (χ3n) is 3.32. The third kappa shape index (κ3) is 3.38. The summed E-state index contributed by atoms with van der Waals surface area (Å²) in [7, 11) is 0. The summed E-state index contributed by atoms with van der Waals surface area (Å²) >= 11 is 0. The van der Waals surface area contributed by atoms with Crippen LogP contribution in [-0.4, -0.2) is 17.6 Å². The minimum Gasteiger partial charge on any atom is -0.340 e. The summed E-state index contributed by atoms with van der Waals surface area (Å²) in [5, 5.41) is 9.11. The van der Waals surface area contributed by atoms with Crippen molar-refractivity contribution in [1.29, 1.82) is 0 Å². The molecule has 0 spiro atoms. The number of carbonyl (C=O) groups excluding carboxylic acids is 1. The lowest BCUT2D eigenvalue weighted by Gasteiger charge is -2.28. The monoisotopic (exact) mass is 279 g/mol. The van der Waals surface area contributed by atoms with Crippen LogP contribution in [0.5, 0.6) is 5.75 Å². The molecule has 0 aromatic heterocycles. The van der Waals surface area contributed by atoms with Gasteiger partial charge in [0, 0.05) is 11.1 Å². The molecule has 0 atom stereocenters. The van der Waals surface area contributed by atoms with Crippen molar-refractivity contribution in [2.45, 2.75) is 52.4 Å². The van der Waals surface area contributed by atoms with Gasteiger partial charge in [-0.2, -0.15) is 0 Å². The van der Waals surface area contributed by atoms with Crippen molar-refractivity contribution in [2.24, 2.45) is 5.73 Å². The Bertz CT molecular complexity index is 508. The Labute approximate surface area is 120 Å². The van der Waals surface area contributed by atoms with Crippen LogP contribution in [0.15, 0.2) is 12.1 Å². The van der Waals surface area contributed by atoms with Crippen LogP contribution in [0.4, 0.5) is 0 Å². The van der Waals surface area contributed by atoms with Crippen molar-refractivity contribution in [3.05, 3.63) is 28.8 Å². The molecule has 4 heteroatoms. The van der Waals surface area contributed by atoms with Gasteiger partial charge >= 0.3 is 0 Å². The van der Waals surface area contributed by atoms with Crippen molar-refractivity contribution >= 4 is 5.78 Å². The number of nitrogens with two attached hydrogens (primary N) is 1. The maximum absolute atomic E-state index is 12.0. The van der Waals surface area contributed by atoms with E-state index in [9.17, 15) is 4.79 Å². The molecule has 3 N–H and O–H groups in total. The van der Waals surface area contributed by atoms with Gasteiger partial charge in [0.15, 0.2) is 11.5 Å². The maximum Gasteiger partial charge on any atom is 0.176 e. The van der Waals surface area contributed by atoms with Gasteiger partial charge in [-0.05, 0) is 22.5 Å². The lowest BCUT2D eigenvalue weighted by atomic mass is 9.77. The molecule has 0 heterocycles. The summed E-state index contributed by atoms with van der Waals surface area (Å²) in [6.07, 6.45) is 0. The maximum atomic E-state index is 12.0. The molecule has 20 heavy (non-hydrogen) atoms. The first kappa shape index (κ1) is 16.7. The minimum atomic E-state index is -0.206. The van der Waals surface area contributed by atoms with Crippen molar-refractivity contribution in [3.8, 4) is 5.75 Å². The molecule has 0 saturated heterocycles. The number of Topliss-reactive ketones (excluding diaryl/α,β-unsaturated/α-hetero) is 1. The van der Waals surface area contributed by atoms with Crippen LogP contribution in [0.3, 0.4) is 0 Å². The molecular formula is C16H25NO3. The van der Waals surface area contributed by atoms with Crippen molar-refractivity contribution in [1.82, 2.24) is 0 Å². The van der Waals surface area contributed by atoms with Gasteiger partial charge in [0.05, 0.1) is 6.54 Å². The molecule has 0 unspecified atom stereocenters. The van der Waals surface area contributed by atoms with E-state index in [1.54, 1.807) is 6.07 Å². The largest absolute Gasteiger partial charge is 0.340 e. The lowest BCUT2D eigenvalue weighted by Crippen LogP contribution is -2.24. The predicted molar refractivity (Wildman–Crippen MR) is 80.5 cm³/mol. The molecule has 0 aliphatic rings. The number of ketones is 1. The van der Waals surface area contributed by atoms with E-state index in [0.717, 1.165) is 11.1 Å². The highest BCUT2D eigenvalue weighted by Gasteiger charge is 2.28. The molecule has 1 aromatic carbocycles. The first-order chi connectivity index (χ1) is 9.02. The van der Waals surface area contributed by atoms with E-state index in [1.165, 1.54) is 0 Å². The number of rotatable bonds is 3. The number of benzene rings is 1. The van der Waals surface area contributed by atoms with Crippen LogP contribution in [0.25, 0.3) is 0 Å². The van der Waals surface area contributed by atoms with E-state index in [2.05, 4.69) is 4.89 Å². The number of hydrogen-bond donors (Lipinski definition) is 2. The standard InChI is InChI=1S/C16H25NO3/c1-15(2,3)11-8-12(16(4,5)6)14(20-19)7-10(11)13(18)9-17/h7-8,19H,9,17H2,1-6H3. The summed E-state index contributed by atoms with van der Waals surface area (Å²) < 4.78 is 0. The Hall–Kier alpha value is -1.39. The molecule has 0 bridgehead atoms. The van der Waals surface area contributed by atoms with E-state index in [1.807, 2.05) is 47.6 Å². The molecule has 4 nitrogen and oxygen atoms in total. The Morgan fingerprint density at radius 2 is 1.60 bits per heavy atom. The van der Waals surface area contributed by atoms with E-state index >= 15 is 0 Å². The molecule has 1 aromatic rings. The second-order valence-electron chi connectivity index (χ2n) is 7.11. The predicted octanol–water partition coefficient (Wildman–Crippen LogP) is 3.27. The molecule has 0 aliphatic carbocycles. The molecule has 0 fully saturated rings. The van der Waals surface area contributed by atoms with E-state index in [0.29, 0.717) is 11.3 Å². The molecule has 0 amide bonds. The van der Waals surface area contributed by atoms with Crippen molar-refractivity contribution < 1.29 is 14.9 Å². The molecule has 0 radical (unpaired) electrons. The lowest BCUT2D eigenvalue weighted by molar-refractivity contribution is -0.138. The highest BCUT2D eigenvalue weighted by Crippen LogP contribution is 2.37. The summed E-state index contributed by atoms with van der Waals surface area (Å²) in [5.74, 6) is 0.149. The van der Waals surface area contributed by atoms with Crippen molar-refractivity contribution in [3.63, 3.8) is 0 Å². The zero-order chi connectivity index (χ0) is 15.7. The molecular weight excluding hydrogens is 254 g/mol. The van der Waals surface area contributed by atoms with Gasteiger partial charge in [-0.25, -0.2) is 5.26 Å². The summed E-state index contributed by atoms with van der Waals surface area (Å²) in [6.45, 7) is 12.2. The highest BCUT2D eigenvalue weighted by atomic mass is 17.1. The Kier molecular flexibility index (Phi) is 4.62. The third-order valence-corrected chi connectivity index (χ3v) is 3.32. The van der Waals surface area contributed by atoms with Crippen LogP contribution in [0, 0.1) is 0 Å². The first-order valence-corrected chi connectivity index (χ1v) is 6.76. The fourth-order valence-electron chi connectivity index (χ4n) is 2.20. The number of hydrogen-bond acceptors (Lipinski definition) is 4. The average molecular weight is 279 g/mol. The van der Waals surface area contributed by atoms with Gasteiger partial charge < -0.3 is 10.6 Å².